The van der Waals surface area contributed by atoms with Crippen LogP contribution in [-0.4, -0.2) is 10.9 Å². The molecule has 0 aliphatic heterocycles. The molecule has 0 aliphatic rings. The second-order valence-corrected chi connectivity index (χ2v) is 5.55. The largest absolute Gasteiger partial charge is 0.302 e. The molecule has 19 heavy (non-hydrogen) atoms. The van der Waals surface area contributed by atoms with Crippen molar-refractivity contribution in [3.8, 4) is 11.3 Å². The third kappa shape index (κ3) is 3.86. The number of amides is 1. The van der Waals surface area contributed by atoms with Crippen LogP contribution in [0.5, 0.6) is 0 Å². The summed E-state index contributed by atoms with van der Waals surface area (Å²) < 4.78 is 13.1. The molecule has 2 aromatic rings. The molecule has 1 aromatic carbocycles. The standard InChI is InChI=1S/C14H15FN2OS/c1-9(2)6-13(18)17-14-16-12(8-19-14)10-4-3-5-11(15)7-10/h3-5,7-9H,6H2,1-2H3,(H,16,17,18). The van der Waals surface area contributed by atoms with Gasteiger partial charge in [-0.1, -0.05) is 26.0 Å². The van der Waals surface area contributed by atoms with E-state index in [1.165, 1.54) is 23.5 Å². The highest BCUT2D eigenvalue weighted by atomic mass is 32.1. The fraction of sp³-hybridized carbons (Fsp3) is 0.286. The van der Waals surface area contributed by atoms with Gasteiger partial charge in [0.2, 0.25) is 5.91 Å². The van der Waals surface area contributed by atoms with Gasteiger partial charge in [0.1, 0.15) is 5.82 Å². The highest BCUT2D eigenvalue weighted by Crippen LogP contribution is 2.25. The fourth-order valence-electron chi connectivity index (χ4n) is 1.65. The smallest absolute Gasteiger partial charge is 0.226 e. The van der Waals surface area contributed by atoms with Gasteiger partial charge in [0, 0.05) is 17.4 Å². The Morgan fingerprint density at radius 2 is 2.26 bits per heavy atom. The number of thiazole rings is 1. The van der Waals surface area contributed by atoms with E-state index >= 15 is 0 Å². The lowest BCUT2D eigenvalue weighted by atomic mass is 10.1. The van der Waals surface area contributed by atoms with Gasteiger partial charge in [-0.3, -0.25) is 4.79 Å². The van der Waals surface area contributed by atoms with E-state index in [0.29, 0.717) is 28.7 Å². The highest BCUT2D eigenvalue weighted by Gasteiger charge is 2.09. The first kappa shape index (κ1) is 13.7. The van der Waals surface area contributed by atoms with Gasteiger partial charge in [0.25, 0.3) is 0 Å². The van der Waals surface area contributed by atoms with Crippen molar-refractivity contribution in [3.63, 3.8) is 0 Å². The maximum absolute atomic E-state index is 13.1. The minimum atomic E-state index is -0.295. The van der Waals surface area contributed by atoms with E-state index in [0.717, 1.165) is 0 Å². The van der Waals surface area contributed by atoms with Crippen LogP contribution in [0.2, 0.25) is 0 Å². The number of carbonyl (C=O) groups excluding carboxylic acids is 1. The average molecular weight is 278 g/mol. The first-order chi connectivity index (χ1) is 9.04. The lowest BCUT2D eigenvalue weighted by Crippen LogP contribution is -2.13. The molecule has 0 bridgehead atoms. The Morgan fingerprint density at radius 1 is 1.47 bits per heavy atom. The van der Waals surface area contributed by atoms with Gasteiger partial charge in [-0.15, -0.1) is 11.3 Å². The molecule has 0 fully saturated rings. The van der Waals surface area contributed by atoms with Crippen molar-refractivity contribution >= 4 is 22.4 Å². The van der Waals surface area contributed by atoms with Crippen LogP contribution in [-0.2, 0) is 4.79 Å². The number of hydrogen-bond donors (Lipinski definition) is 1. The summed E-state index contributed by atoms with van der Waals surface area (Å²) in [5.74, 6) is -0.0336. The summed E-state index contributed by atoms with van der Waals surface area (Å²) in [5.41, 5.74) is 1.38. The van der Waals surface area contributed by atoms with Crippen LogP contribution < -0.4 is 5.32 Å². The van der Waals surface area contributed by atoms with Gasteiger partial charge in [0.05, 0.1) is 5.69 Å². The molecule has 3 nitrogen and oxygen atoms in total. The Hall–Kier alpha value is -1.75. The van der Waals surface area contributed by atoms with Crippen LogP contribution in [0.15, 0.2) is 29.6 Å². The van der Waals surface area contributed by atoms with Crippen LogP contribution >= 0.6 is 11.3 Å². The number of nitrogens with zero attached hydrogens (tertiary/aromatic N) is 1. The lowest BCUT2D eigenvalue weighted by Gasteiger charge is -2.03. The van der Waals surface area contributed by atoms with E-state index in [2.05, 4.69) is 10.3 Å². The van der Waals surface area contributed by atoms with Crippen molar-refractivity contribution in [1.29, 1.82) is 0 Å². The molecule has 0 aliphatic carbocycles. The van der Waals surface area contributed by atoms with Crippen LogP contribution in [0.1, 0.15) is 20.3 Å². The minimum Gasteiger partial charge on any atom is -0.302 e. The van der Waals surface area contributed by atoms with Crippen LogP contribution in [0.4, 0.5) is 9.52 Å². The Kier molecular flexibility index (Phi) is 4.27. The Morgan fingerprint density at radius 3 is 2.95 bits per heavy atom. The second-order valence-electron chi connectivity index (χ2n) is 4.69. The molecular formula is C14H15FN2OS. The highest BCUT2D eigenvalue weighted by molar-refractivity contribution is 7.14. The van der Waals surface area contributed by atoms with Gasteiger partial charge in [0.15, 0.2) is 5.13 Å². The molecule has 0 unspecified atom stereocenters. The molecular weight excluding hydrogens is 263 g/mol. The Bertz CT molecular complexity index is 580. The predicted octanol–water partition coefficient (Wildman–Crippen LogP) is 3.93. The van der Waals surface area contributed by atoms with Crippen molar-refractivity contribution in [1.82, 2.24) is 4.98 Å². The predicted molar refractivity (Wildman–Crippen MR) is 75.6 cm³/mol. The van der Waals surface area contributed by atoms with E-state index < -0.39 is 0 Å². The van der Waals surface area contributed by atoms with Gasteiger partial charge in [-0.25, -0.2) is 9.37 Å². The molecule has 5 heteroatoms. The van der Waals surface area contributed by atoms with E-state index in [9.17, 15) is 9.18 Å². The SMILES string of the molecule is CC(C)CC(=O)Nc1nc(-c2cccc(F)c2)cs1. The number of rotatable bonds is 4. The number of halogens is 1. The Balaban J connectivity index is 2.09. The van der Waals surface area contributed by atoms with Gasteiger partial charge in [-0.05, 0) is 18.1 Å². The summed E-state index contributed by atoms with van der Waals surface area (Å²) in [5, 5.41) is 5.10. The normalized spacial score (nSPS) is 10.7. The number of hydrogen-bond acceptors (Lipinski definition) is 3. The zero-order valence-corrected chi connectivity index (χ0v) is 11.6. The third-order valence-corrected chi connectivity index (χ3v) is 3.22. The van der Waals surface area contributed by atoms with Crippen LogP contribution in [0.25, 0.3) is 11.3 Å². The fourth-order valence-corrected chi connectivity index (χ4v) is 2.39. The number of anilines is 1. The second kappa shape index (κ2) is 5.93. The molecule has 0 saturated carbocycles. The zero-order chi connectivity index (χ0) is 13.8. The maximum Gasteiger partial charge on any atom is 0.226 e. The molecule has 0 spiro atoms. The topological polar surface area (TPSA) is 42.0 Å². The molecule has 1 N–H and O–H groups in total. The lowest BCUT2D eigenvalue weighted by molar-refractivity contribution is -0.116. The molecule has 0 saturated heterocycles. The summed E-state index contributed by atoms with van der Waals surface area (Å²) >= 11 is 1.34. The van der Waals surface area contributed by atoms with E-state index in [-0.39, 0.29) is 11.7 Å². The molecule has 100 valence electrons. The monoisotopic (exact) mass is 278 g/mol. The van der Waals surface area contributed by atoms with E-state index in [1.54, 1.807) is 17.5 Å². The average Bonchev–Trinajstić information content (AvgIpc) is 2.76. The maximum atomic E-state index is 13.1. The van der Waals surface area contributed by atoms with Crippen LogP contribution in [0, 0.1) is 11.7 Å². The van der Waals surface area contributed by atoms with Gasteiger partial charge >= 0.3 is 0 Å². The van der Waals surface area contributed by atoms with E-state index in [1.807, 2.05) is 13.8 Å². The summed E-state index contributed by atoms with van der Waals surface area (Å²) in [6.45, 7) is 3.97. The molecule has 2 rings (SSSR count). The van der Waals surface area contributed by atoms with Crippen molar-refractivity contribution < 1.29 is 9.18 Å². The van der Waals surface area contributed by atoms with Gasteiger partial charge < -0.3 is 5.32 Å². The zero-order valence-electron chi connectivity index (χ0n) is 10.8. The van der Waals surface area contributed by atoms with Crippen LogP contribution in [0.3, 0.4) is 0 Å². The first-order valence-electron chi connectivity index (χ1n) is 6.06. The number of aromatic nitrogens is 1. The summed E-state index contributed by atoms with van der Waals surface area (Å²) in [4.78, 5) is 15.9. The van der Waals surface area contributed by atoms with Crippen molar-refractivity contribution in [2.45, 2.75) is 20.3 Å². The van der Waals surface area contributed by atoms with Gasteiger partial charge in [-0.2, -0.15) is 0 Å². The first-order valence-corrected chi connectivity index (χ1v) is 6.94. The third-order valence-electron chi connectivity index (χ3n) is 2.46. The summed E-state index contributed by atoms with van der Waals surface area (Å²) in [7, 11) is 0. The number of benzene rings is 1. The quantitative estimate of drug-likeness (QED) is 0.920. The summed E-state index contributed by atoms with van der Waals surface area (Å²) in [6.07, 6.45) is 0.467. The number of carbonyl (C=O) groups is 1. The molecule has 1 heterocycles. The Labute approximate surface area is 115 Å². The van der Waals surface area contributed by atoms with Crippen molar-refractivity contribution in [3.05, 3.63) is 35.5 Å². The van der Waals surface area contributed by atoms with Crippen molar-refractivity contribution in [2.24, 2.45) is 5.92 Å². The molecule has 0 atom stereocenters. The van der Waals surface area contributed by atoms with Crippen molar-refractivity contribution in [2.75, 3.05) is 5.32 Å². The summed E-state index contributed by atoms with van der Waals surface area (Å²) in [6, 6.07) is 6.24. The molecule has 1 amide bonds. The minimum absolute atomic E-state index is 0.0462. The molecule has 1 aromatic heterocycles. The molecule has 0 radical (unpaired) electrons. The number of nitrogens with one attached hydrogen (secondary N) is 1. The van der Waals surface area contributed by atoms with E-state index in [4.69, 9.17) is 0 Å².